The molecule has 1 fully saturated rings. The molecule has 1 unspecified atom stereocenters. The summed E-state index contributed by atoms with van der Waals surface area (Å²) in [6.07, 6.45) is 1.44. The molecular weight excluding hydrogens is 437 g/mol. The SMILES string of the molecule is Cc1nc2c(-c3ccc(Cl)cc3F)nc(N3CCOC(c4cc[nH]n4)C3)nc2c(=O)n1C. The highest BCUT2D eigenvalue weighted by molar-refractivity contribution is 6.30. The average molecular weight is 456 g/mol. The number of nitrogens with zero attached hydrogens (tertiary/aromatic N) is 6. The Morgan fingerprint density at radius 1 is 1.22 bits per heavy atom. The number of halogens is 2. The van der Waals surface area contributed by atoms with E-state index in [9.17, 15) is 9.18 Å². The highest BCUT2D eigenvalue weighted by Gasteiger charge is 2.27. The molecule has 32 heavy (non-hydrogen) atoms. The van der Waals surface area contributed by atoms with Gasteiger partial charge in [0.2, 0.25) is 5.95 Å². The number of hydrogen-bond donors (Lipinski definition) is 1. The van der Waals surface area contributed by atoms with E-state index in [1.807, 2.05) is 11.0 Å². The predicted molar refractivity (Wildman–Crippen MR) is 117 cm³/mol. The van der Waals surface area contributed by atoms with Crippen LogP contribution in [0.1, 0.15) is 17.6 Å². The van der Waals surface area contributed by atoms with Gasteiger partial charge < -0.3 is 9.64 Å². The minimum absolute atomic E-state index is 0.121. The van der Waals surface area contributed by atoms with Crippen LogP contribution in [0.15, 0.2) is 35.3 Å². The van der Waals surface area contributed by atoms with Crippen LogP contribution in [0.5, 0.6) is 0 Å². The molecule has 164 valence electrons. The van der Waals surface area contributed by atoms with Crippen molar-refractivity contribution in [3.63, 3.8) is 0 Å². The van der Waals surface area contributed by atoms with E-state index in [1.165, 1.54) is 16.7 Å². The molecule has 4 heterocycles. The van der Waals surface area contributed by atoms with Crippen LogP contribution < -0.4 is 10.5 Å². The van der Waals surface area contributed by atoms with Crippen LogP contribution >= 0.6 is 11.6 Å². The van der Waals surface area contributed by atoms with Crippen LogP contribution in [-0.2, 0) is 11.8 Å². The van der Waals surface area contributed by atoms with Gasteiger partial charge in [0.15, 0.2) is 5.52 Å². The van der Waals surface area contributed by atoms with E-state index in [0.717, 1.165) is 5.69 Å². The highest BCUT2D eigenvalue weighted by Crippen LogP contribution is 2.31. The van der Waals surface area contributed by atoms with Gasteiger partial charge in [-0.25, -0.2) is 19.3 Å². The van der Waals surface area contributed by atoms with Crippen LogP contribution in [0, 0.1) is 12.7 Å². The van der Waals surface area contributed by atoms with Gasteiger partial charge in [0, 0.05) is 30.4 Å². The van der Waals surface area contributed by atoms with Crippen molar-refractivity contribution in [2.24, 2.45) is 7.05 Å². The fourth-order valence-electron chi connectivity index (χ4n) is 3.71. The molecular formula is C21H19ClFN7O2. The second kappa shape index (κ2) is 7.95. The van der Waals surface area contributed by atoms with E-state index >= 15 is 0 Å². The third-order valence-electron chi connectivity index (χ3n) is 5.53. The molecule has 0 amide bonds. The van der Waals surface area contributed by atoms with Gasteiger partial charge in [-0.2, -0.15) is 5.10 Å². The standard InChI is InChI=1S/C21H19ClFN7O2/c1-11-25-18-17(13-4-3-12(22)9-14(13)23)26-21(27-19(18)20(31)29(11)2)30-7-8-32-16(10-30)15-5-6-24-28-15/h3-6,9,16H,7-8,10H2,1-2H3,(H,24,28). The number of aromatic nitrogens is 6. The predicted octanol–water partition coefficient (Wildman–Crippen LogP) is 2.79. The van der Waals surface area contributed by atoms with Gasteiger partial charge in [0.1, 0.15) is 29.0 Å². The lowest BCUT2D eigenvalue weighted by Crippen LogP contribution is -2.39. The van der Waals surface area contributed by atoms with Gasteiger partial charge in [-0.3, -0.25) is 14.5 Å². The monoisotopic (exact) mass is 455 g/mol. The first-order valence-corrected chi connectivity index (χ1v) is 10.4. The Bertz CT molecular complexity index is 1370. The lowest BCUT2D eigenvalue weighted by Gasteiger charge is -2.32. The number of anilines is 1. The smallest absolute Gasteiger partial charge is 0.279 e. The van der Waals surface area contributed by atoms with E-state index in [2.05, 4.69) is 25.1 Å². The highest BCUT2D eigenvalue weighted by atomic mass is 35.5. The largest absolute Gasteiger partial charge is 0.368 e. The average Bonchev–Trinajstić information content (AvgIpc) is 3.33. The number of fused-ring (bicyclic) bond motifs is 1. The minimum atomic E-state index is -0.556. The first kappa shape index (κ1) is 20.5. The Kier molecular flexibility index (Phi) is 5.10. The maximum atomic E-state index is 14.9. The van der Waals surface area contributed by atoms with Crippen molar-refractivity contribution in [2.45, 2.75) is 13.0 Å². The minimum Gasteiger partial charge on any atom is -0.368 e. The maximum Gasteiger partial charge on any atom is 0.279 e. The number of morpholine rings is 1. The number of rotatable bonds is 3. The first-order chi connectivity index (χ1) is 15.4. The molecule has 0 bridgehead atoms. The zero-order valence-corrected chi connectivity index (χ0v) is 18.1. The number of benzene rings is 1. The van der Waals surface area contributed by atoms with Gasteiger partial charge in [-0.15, -0.1) is 0 Å². The van der Waals surface area contributed by atoms with E-state index in [4.69, 9.17) is 16.3 Å². The summed E-state index contributed by atoms with van der Waals surface area (Å²) in [6, 6.07) is 6.15. The third kappa shape index (κ3) is 3.51. The van der Waals surface area contributed by atoms with Crippen molar-refractivity contribution in [3.05, 3.63) is 63.2 Å². The van der Waals surface area contributed by atoms with E-state index < -0.39 is 5.82 Å². The molecule has 0 radical (unpaired) electrons. The molecule has 9 nitrogen and oxygen atoms in total. The number of aromatic amines is 1. The summed E-state index contributed by atoms with van der Waals surface area (Å²) in [5.41, 5.74) is 1.22. The van der Waals surface area contributed by atoms with Gasteiger partial charge in [0.25, 0.3) is 5.56 Å². The summed E-state index contributed by atoms with van der Waals surface area (Å²) >= 11 is 5.94. The Morgan fingerprint density at radius 3 is 2.81 bits per heavy atom. The van der Waals surface area contributed by atoms with Crippen LogP contribution in [0.25, 0.3) is 22.3 Å². The van der Waals surface area contributed by atoms with Crippen molar-refractivity contribution in [3.8, 4) is 11.3 Å². The number of H-pyrrole nitrogens is 1. The van der Waals surface area contributed by atoms with Crippen LogP contribution in [0.4, 0.5) is 10.3 Å². The van der Waals surface area contributed by atoms with Crippen molar-refractivity contribution >= 4 is 28.6 Å². The normalized spacial score (nSPS) is 16.6. The van der Waals surface area contributed by atoms with Crippen molar-refractivity contribution in [1.82, 2.24) is 29.7 Å². The van der Waals surface area contributed by atoms with Crippen molar-refractivity contribution < 1.29 is 9.13 Å². The topological polar surface area (TPSA) is 102 Å². The van der Waals surface area contributed by atoms with Crippen molar-refractivity contribution in [1.29, 1.82) is 0 Å². The summed E-state index contributed by atoms with van der Waals surface area (Å²) < 4.78 is 22.1. The summed E-state index contributed by atoms with van der Waals surface area (Å²) in [5.74, 6) is 0.216. The number of nitrogens with one attached hydrogen (secondary N) is 1. The quantitative estimate of drug-likeness (QED) is 0.506. The van der Waals surface area contributed by atoms with Gasteiger partial charge in [-0.05, 0) is 31.2 Å². The molecule has 3 aromatic heterocycles. The molecule has 5 rings (SSSR count). The Hall–Kier alpha value is -3.37. The summed E-state index contributed by atoms with van der Waals surface area (Å²) in [6.45, 7) is 3.06. The van der Waals surface area contributed by atoms with Crippen LogP contribution in [0.3, 0.4) is 0 Å². The Labute approximate surface area is 186 Å². The zero-order valence-electron chi connectivity index (χ0n) is 17.3. The maximum absolute atomic E-state index is 14.9. The summed E-state index contributed by atoms with van der Waals surface area (Å²) in [5, 5.41) is 7.24. The van der Waals surface area contributed by atoms with Gasteiger partial charge >= 0.3 is 0 Å². The summed E-state index contributed by atoms with van der Waals surface area (Å²) in [7, 11) is 1.62. The molecule has 1 N–H and O–H groups in total. The molecule has 11 heteroatoms. The fourth-order valence-corrected chi connectivity index (χ4v) is 3.87. The lowest BCUT2D eigenvalue weighted by atomic mass is 10.1. The zero-order chi connectivity index (χ0) is 22.4. The lowest BCUT2D eigenvalue weighted by molar-refractivity contribution is 0.0365. The van der Waals surface area contributed by atoms with Crippen LogP contribution in [-0.4, -0.2) is 49.4 Å². The molecule has 0 spiro atoms. The molecule has 1 aliphatic rings. The van der Waals surface area contributed by atoms with E-state index in [0.29, 0.717) is 31.5 Å². The molecule has 1 atom stereocenters. The molecule has 0 aliphatic carbocycles. The Balaban J connectivity index is 1.69. The number of hydrogen-bond acceptors (Lipinski definition) is 7. The van der Waals surface area contributed by atoms with Gasteiger partial charge in [-0.1, -0.05) is 11.6 Å². The second-order valence-corrected chi connectivity index (χ2v) is 7.96. The molecule has 4 aromatic rings. The molecule has 1 saturated heterocycles. The van der Waals surface area contributed by atoms with E-state index in [-0.39, 0.29) is 39.0 Å². The molecule has 1 aromatic carbocycles. The number of ether oxygens (including phenoxy) is 1. The molecule has 1 aliphatic heterocycles. The number of aryl methyl sites for hydroxylation is 1. The van der Waals surface area contributed by atoms with Crippen molar-refractivity contribution in [2.75, 3.05) is 24.6 Å². The first-order valence-electron chi connectivity index (χ1n) is 9.99. The Morgan fingerprint density at radius 2 is 2.06 bits per heavy atom. The third-order valence-corrected chi connectivity index (χ3v) is 5.76. The van der Waals surface area contributed by atoms with E-state index in [1.54, 1.807) is 26.2 Å². The summed E-state index contributed by atoms with van der Waals surface area (Å²) in [4.78, 5) is 28.6. The molecule has 0 saturated carbocycles. The fraction of sp³-hybridized carbons (Fsp3) is 0.286. The van der Waals surface area contributed by atoms with Crippen LogP contribution in [0.2, 0.25) is 5.02 Å². The van der Waals surface area contributed by atoms with Gasteiger partial charge in [0.05, 0.1) is 18.8 Å². The second-order valence-electron chi connectivity index (χ2n) is 7.52.